The topological polar surface area (TPSA) is 85.8 Å². The molecule has 33 heavy (non-hydrogen) atoms. The second kappa shape index (κ2) is 8.80. The van der Waals surface area contributed by atoms with Crippen LogP contribution in [0.3, 0.4) is 0 Å². The van der Waals surface area contributed by atoms with Crippen molar-refractivity contribution < 1.29 is 4.21 Å². The monoisotopic (exact) mass is 479 g/mol. The van der Waals surface area contributed by atoms with Crippen LogP contribution in [0, 0.1) is 13.8 Å². The number of aryl methyl sites for hydroxylation is 2. The highest BCUT2D eigenvalue weighted by Gasteiger charge is 2.23. The number of nitrogens with one attached hydrogen (secondary N) is 1. The molecule has 2 aromatic heterocycles. The van der Waals surface area contributed by atoms with E-state index in [4.69, 9.17) is 17.3 Å². The number of fused-ring (bicyclic) bond motifs is 1. The van der Waals surface area contributed by atoms with E-state index in [1.54, 1.807) is 6.07 Å². The summed E-state index contributed by atoms with van der Waals surface area (Å²) < 4.78 is 18.4. The minimum Gasteiger partial charge on any atom is -0.383 e. The van der Waals surface area contributed by atoms with Gasteiger partial charge in [0, 0.05) is 23.5 Å². The van der Waals surface area contributed by atoms with E-state index in [1.807, 2.05) is 38.1 Å². The van der Waals surface area contributed by atoms with Gasteiger partial charge in [0.05, 0.1) is 15.3 Å². The zero-order valence-corrected chi connectivity index (χ0v) is 20.2. The van der Waals surface area contributed by atoms with Crippen LogP contribution in [0.5, 0.6) is 0 Å². The SMILES string of the molecule is Cc1cc(-c2cn(C3CCCC3)c3ncnc(N)c23)ccc1NS(=O)c1c(C)cccc1Cl. The predicted octanol–water partition coefficient (Wildman–Crippen LogP) is 6.20. The first-order valence-corrected chi connectivity index (χ1v) is 12.6. The van der Waals surface area contributed by atoms with Crippen molar-refractivity contribution in [2.45, 2.75) is 50.5 Å². The van der Waals surface area contributed by atoms with Crippen molar-refractivity contribution in [3.8, 4) is 11.1 Å². The molecule has 0 aliphatic heterocycles. The van der Waals surface area contributed by atoms with Crippen LogP contribution in [0.1, 0.15) is 42.9 Å². The second-order valence-corrected chi connectivity index (χ2v) is 10.2. The molecule has 8 heteroatoms. The van der Waals surface area contributed by atoms with E-state index in [-0.39, 0.29) is 0 Å². The summed E-state index contributed by atoms with van der Waals surface area (Å²) in [7, 11) is -1.47. The largest absolute Gasteiger partial charge is 0.383 e. The smallest absolute Gasteiger partial charge is 0.152 e. The van der Waals surface area contributed by atoms with Crippen LogP contribution in [0.2, 0.25) is 5.02 Å². The lowest BCUT2D eigenvalue weighted by molar-refractivity contribution is 0.532. The quantitative estimate of drug-likeness (QED) is 0.356. The molecule has 5 rings (SSSR count). The lowest BCUT2D eigenvalue weighted by Gasteiger charge is -2.13. The Bertz CT molecular complexity index is 1360. The molecule has 4 aromatic rings. The standard InChI is InChI=1S/C25H26ClN5OS/c1-15-6-5-9-20(26)23(15)33(32)30-21-11-10-17(12-16(21)2)19-13-31(18-7-3-4-8-18)25-22(19)24(27)28-14-29-25/h5-6,9-14,18,30H,3-4,7-8H2,1-2H3,(H2,27,28,29). The van der Waals surface area contributed by atoms with Crippen molar-refractivity contribution in [2.24, 2.45) is 0 Å². The number of rotatable bonds is 5. The summed E-state index contributed by atoms with van der Waals surface area (Å²) in [6, 6.07) is 12.0. The summed E-state index contributed by atoms with van der Waals surface area (Å²) in [5.41, 5.74) is 11.9. The average Bonchev–Trinajstić information content (AvgIpc) is 3.43. The van der Waals surface area contributed by atoms with Gasteiger partial charge in [-0.25, -0.2) is 14.2 Å². The fourth-order valence-corrected chi connectivity index (χ4v) is 6.30. The van der Waals surface area contributed by atoms with Crippen molar-refractivity contribution in [1.29, 1.82) is 0 Å². The van der Waals surface area contributed by atoms with Crippen LogP contribution in [0.25, 0.3) is 22.2 Å². The number of benzene rings is 2. The average molecular weight is 480 g/mol. The first-order chi connectivity index (χ1) is 15.9. The van der Waals surface area contributed by atoms with E-state index in [2.05, 4.69) is 31.5 Å². The lowest BCUT2D eigenvalue weighted by Crippen LogP contribution is -2.08. The van der Waals surface area contributed by atoms with Crippen LogP contribution in [-0.4, -0.2) is 18.7 Å². The Kier molecular flexibility index (Phi) is 5.85. The Morgan fingerprint density at radius 3 is 2.64 bits per heavy atom. The number of nitrogens with zero attached hydrogens (tertiary/aromatic N) is 3. The van der Waals surface area contributed by atoms with Gasteiger partial charge in [0.1, 0.15) is 17.8 Å². The van der Waals surface area contributed by atoms with E-state index in [9.17, 15) is 4.21 Å². The molecule has 0 spiro atoms. The summed E-state index contributed by atoms with van der Waals surface area (Å²) in [6.45, 7) is 3.90. The maximum atomic E-state index is 13.0. The number of hydrogen-bond donors (Lipinski definition) is 2. The zero-order valence-electron chi connectivity index (χ0n) is 18.6. The Balaban J connectivity index is 1.52. The number of aromatic nitrogens is 3. The molecule has 170 valence electrons. The van der Waals surface area contributed by atoms with E-state index in [1.165, 1.54) is 19.2 Å². The Morgan fingerprint density at radius 2 is 1.91 bits per heavy atom. The molecule has 2 heterocycles. The third-order valence-electron chi connectivity index (χ3n) is 6.45. The summed E-state index contributed by atoms with van der Waals surface area (Å²) >= 11 is 6.30. The fraction of sp³-hybridized carbons (Fsp3) is 0.280. The summed E-state index contributed by atoms with van der Waals surface area (Å²) in [5.74, 6) is 0.488. The summed E-state index contributed by atoms with van der Waals surface area (Å²) in [4.78, 5) is 9.42. The second-order valence-electron chi connectivity index (χ2n) is 8.63. The molecular formula is C25H26ClN5OS. The molecule has 6 nitrogen and oxygen atoms in total. The van der Waals surface area contributed by atoms with Crippen LogP contribution >= 0.6 is 11.6 Å². The maximum Gasteiger partial charge on any atom is 0.152 e. The first kappa shape index (κ1) is 21.9. The number of halogens is 1. The minimum absolute atomic E-state index is 0.443. The third-order valence-corrected chi connectivity index (χ3v) is 8.19. The molecule has 1 aliphatic rings. The van der Waals surface area contributed by atoms with Gasteiger partial charge in [-0.3, -0.25) is 0 Å². The molecule has 1 saturated carbocycles. The number of anilines is 2. The Labute approximate surface area is 200 Å². The highest BCUT2D eigenvalue weighted by atomic mass is 35.5. The Morgan fingerprint density at radius 1 is 1.12 bits per heavy atom. The Hall–Kier alpha value is -2.90. The van der Waals surface area contributed by atoms with Crippen molar-refractivity contribution in [3.63, 3.8) is 0 Å². The van der Waals surface area contributed by atoms with Gasteiger partial charge in [-0.15, -0.1) is 0 Å². The predicted molar refractivity (Wildman–Crippen MR) is 136 cm³/mol. The fourth-order valence-electron chi connectivity index (χ4n) is 4.74. The van der Waals surface area contributed by atoms with Crippen LogP contribution < -0.4 is 10.5 Å². The van der Waals surface area contributed by atoms with Gasteiger partial charge in [0.25, 0.3) is 0 Å². The van der Waals surface area contributed by atoms with E-state index >= 15 is 0 Å². The van der Waals surface area contributed by atoms with E-state index in [0.29, 0.717) is 21.8 Å². The normalized spacial score (nSPS) is 15.2. The number of nitrogen functional groups attached to an aromatic ring is 1. The van der Waals surface area contributed by atoms with Crippen LogP contribution in [-0.2, 0) is 11.0 Å². The van der Waals surface area contributed by atoms with E-state index < -0.39 is 11.0 Å². The molecule has 2 aromatic carbocycles. The number of hydrogen-bond acceptors (Lipinski definition) is 4. The summed E-state index contributed by atoms with van der Waals surface area (Å²) in [5, 5.41) is 1.38. The minimum atomic E-state index is -1.47. The molecular weight excluding hydrogens is 454 g/mol. The van der Waals surface area contributed by atoms with Gasteiger partial charge in [0.2, 0.25) is 0 Å². The van der Waals surface area contributed by atoms with Crippen molar-refractivity contribution >= 4 is 45.1 Å². The molecule has 0 bridgehead atoms. The van der Waals surface area contributed by atoms with Gasteiger partial charge < -0.3 is 15.0 Å². The van der Waals surface area contributed by atoms with Crippen molar-refractivity contribution in [3.05, 3.63) is 65.1 Å². The van der Waals surface area contributed by atoms with Gasteiger partial charge in [0.15, 0.2) is 11.0 Å². The van der Waals surface area contributed by atoms with Crippen molar-refractivity contribution in [1.82, 2.24) is 14.5 Å². The van der Waals surface area contributed by atoms with Gasteiger partial charge in [-0.05, 0) is 61.6 Å². The van der Waals surface area contributed by atoms with Gasteiger partial charge >= 0.3 is 0 Å². The molecule has 1 unspecified atom stereocenters. The molecule has 1 fully saturated rings. The van der Waals surface area contributed by atoms with Crippen molar-refractivity contribution in [2.75, 3.05) is 10.5 Å². The third kappa shape index (κ3) is 4.00. The van der Waals surface area contributed by atoms with Crippen LogP contribution in [0.15, 0.2) is 53.8 Å². The molecule has 0 saturated heterocycles. The molecule has 1 atom stereocenters. The maximum absolute atomic E-state index is 13.0. The zero-order chi connectivity index (χ0) is 23.1. The summed E-state index contributed by atoms with van der Waals surface area (Å²) in [6.07, 6.45) is 8.49. The lowest BCUT2D eigenvalue weighted by atomic mass is 10.0. The first-order valence-electron chi connectivity index (χ1n) is 11.1. The molecule has 1 aliphatic carbocycles. The molecule has 0 radical (unpaired) electrons. The highest BCUT2D eigenvalue weighted by molar-refractivity contribution is 7.86. The molecule has 3 N–H and O–H groups in total. The van der Waals surface area contributed by atoms with E-state index in [0.717, 1.165) is 51.8 Å². The molecule has 0 amide bonds. The van der Waals surface area contributed by atoms with Gasteiger partial charge in [-0.1, -0.05) is 42.6 Å². The number of nitrogens with two attached hydrogens (primary N) is 1. The van der Waals surface area contributed by atoms with Gasteiger partial charge in [-0.2, -0.15) is 0 Å². The highest BCUT2D eigenvalue weighted by Crippen LogP contribution is 2.39. The van der Waals surface area contributed by atoms with Crippen LogP contribution in [0.4, 0.5) is 11.5 Å².